The van der Waals surface area contributed by atoms with E-state index in [1.54, 1.807) is 6.92 Å². The summed E-state index contributed by atoms with van der Waals surface area (Å²) in [5.41, 5.74) is 5.40. The second kappa shape index (κ2) is 7.65. The average Bonchev–Trinajstić information content (AvgIpc) is 2.22. The monoisotopic (exact) mass is 234 g/mol. The molecular weight excluding hydrogens is 216 g/mol. The van der Waals surface area contributed by atoms with Crippen LogP contribution in [0.1, 0.15) is 33.1 Å². The van der Waals surface area contributed by atoms with E-state index in [1.165, 1.54) is 0 Å². The zero-order valence-corrected chi connectivity index (χ0v) is 10.0. The first-order valence-electron chi connectivity index (χ1n) is 5.17. The van der Waals surface area contributed by atoms with Crippen LogP contribution in [0.5, 0.6) is 0 Å². The number of alkyl halides is 1. The maximum Gasteiger partial charge on any atom is 0.237 e. The minimum absolute atomic E-state index is 0.0758. The highest BCUT2D eigenvalue weighted by atomic mass is 35.5. The molecule has 2 atom stereocenters. The fourth-order valence-corrected chi connectivity index (χ4v) is 1.30. The molecule has 0 aromatic heterocycles. The van der Waals surface area contributed by atoms with Gasteiger partial charge in [-0.2, -0.15) is 0 Å². The molecule has 0 saturated carbocycles. The lowest BCUT2D eigenvalue weighted by Crippen LogP contribution is -2.47. The van der Waals surface area contributed by atoms with Gasteiger partial charge in [-0.15, -0.1) is 11.6 Å². The van der Waals surface area contributed by atoms with Crippen molar-refractivity contribution in [2.45, 2.75) is 45.2 Å². The Morgan fingerprint density at radius 2 is 2.07 bits per heavy atom. The van der Waals surface area contributed by atoms with Crippen molar-refractivity contribution in [3.63, 3.8) is 0 Å². The van der Waals surface area contributed by atoms with E-state index < -0.39 is 12.1 Å². The van der Waals surface area contributed by atoms with Crippen molar-refractivity contribution in [3.8, 4) is 0 Å². The minimum atomic E-state index is -0.600. The second-order valence-corrected chi connectivity index (χ2v) is 3.86. The van der Waals surface area contributed by atoms with Gasteiger partial charge in [0.2, 0.25) is 5.91 Å². The SMILES string of the molecule is CCCCC(NC(=O)C(C)N)C(=O)CCl. The first-order chi connectivity index (χ1) is 7.02. The van der Waals surface area contributed by atoms with E-state index >= 15 is 0 Å². The van der Waals surface area contributed by atoms with Crippen molar-refractivity contribution in [2.75, 3.05) is 5.88 Å². The van der Waals surface area contributed by atoms with Crippen molar-refractivity contribution in [3.05, 3.63) is 0 Å². The van der Waals surface area contributed by atoms with Crippen LogP contribution in [-0.4, -0.2) is 29.7 Å². The quantitative estimate of drug-likeness (QED) is 0.641. The number of halogens is 1. The lowest BCUT2D eigenvalue weighted by atomic mass is 10.1. The number of Topliss-reactive ketones (excluding diaryl/α,β-unsaturated/α-hetero) is 1. The predicted octanol–water partition coefficient (Wildman–Crippen LogP) is 0.816. The Labute approximate surface area is 95.5 Å². The van der Waals surface area contributed by atoms with Gasteiger partial charge in [-0.3, -0.25) is 9.59 Å². The van der Waals surface area contributed by atoms with Gasteiger partial charge in [0.05, 0.1) is 18.0 Å². The van der Waals surface area contributed by atoms with Gasteiger partial charge in [-0.25, -0.2) is 0 Å². The molecule has 0 spiro atoms. The summed E-state index contributed by atoms with van der Waals surface area (Å²) >= 11 is 5.46. The number of nitrogens with two attached hydrogens (primary N) is 1. The van der Waals surface area contributed by atoms with E-state index in [9.17, 15) is 9.59 Å². The third-order valence-electron chi connectivity index (χ3n) is 2.10. The van der Waals surface area contributed by atoms with Crippen molar-refractivity contribution in [1.29, 1.82) is 0 Å². The topological polar surface area (TPSA) is 72.2 Å². The summed E-state index contributed by atoms with van der Waals surface area (Å²) in [7, 11) is 0. The molecule has 3 N–H and O–H groups in total. The lowest BCUT2D eigenvalue weighted by Gasteiger charge is -2.17. The van der Waals surface area contributed by atoms with Gasteiger partial charge in [-0.1, -0.05) is 19.8 Å². The van der Waals surface area contributed by atoms with Gasteiger partial charge in [0, 0.05) is 0 Å². The van der Waals surface area contributed by atoms with Gasteiger partial charge in [-0.05, 0) is 13.3 Å². The van der Waals surface area contributed by atoms with Gasteiger partial charge in [0.15, 0.2) is 5.78 Å². The molecule has 0 heterocycles. The molecule has 15 heavy (non-hydrogen) atoms. The number of ketones is 1. The lowest BCUT2D eigenvalue weighted by molar-refractivity contribution is -0.127. The predicted molar refractivity (Wildman–Crippen MR) is 60.8 cm³/mol. The molecule has 0 radical (unpaired) electrons. The highest BCUT2D eigenvalue weighted by Gasteiger charge is 2.20. The van der Waals surface area contributed by atoms with E-state index in [0.29, 0.717) is 6.42 Å². The number of hydrogen-bond donors (Lipinski definition) is 2. The van der Waals surface area contributed by atoms with Gasteiger partial charge in [0.1, 0.15) is 0 Å². The zero-order valence-electron chi connectivity index (χ0n) is 9.25. The normalized spacial score (nSPS) is 14.4. The van der Waals surface area contributed by atoms with Crippen molar-refractivity contribution in [1.82, 2.24) is 5.32 Å². The number of nitrogens with one attached hydrogen (secondary N) is 1. The molecule has 2 unspecified atom stereocenters. The van der Waals surface area contributed by atoms with Gasteiger partial charge in [0.25, 0.3) is 0 Å². The van der Waals surface area contributed by atoms with Crippen LogP contribution < -0.4 is 11.1 Å². The molecule has 0 bridgehead atoms. The molecule has 4 nitrogen and oxygen atoms in total. The number of hydrogen-bond acceptors (Lipinski definition) is 3. The molecular formula is C10H19ClN2O2. The molecule has 0 aromatic carbocycles. The number of unbranched alkanes of at least 4 members (excludes halogenated alkanes) is 1. The summed E-state index contributed by atoms with van der Waals surface area (Å²) in [6.07, 6.45) is 2.48. The number of carbonyl (C=O) groups excluding carboxylic acids is 2. The first kappa shape index (κ1) is 14.4. The van der Waals surface area contributed by atoms with Gasteiger partial charge >= 0.3 is 0 Å². The Bertz CT molecular complexity index is 219. The molecule has 0 saturated heterocycles. The Hall–Kier alpha value is -0.610. The number of rotatable bonds is 7. The standard InChI is InChI=1S/C10H19ClN2O2/c1-3-4-5-8(9(14)6-11)13-10(15)7(2)12/h7-8H,3-6,12H2,1-2H3,(H,13,15). The molecule has 88 valence electrons. The molecule has 5 heteroatoms. The number of amides is 1. The third-order valence-corrected chi connectivity index (χ3v) is 2.36. The Morgan fingerprint density at radius 3 is 2.47 bits per heavy atom. The van der Waals surface area contributed by atoms with Crippen LogP contribution in [0, 0.1) is 0 Å². The van der Waals surface area contributed by atoms with Crippen LogP contribution in [-0.2, 0) is 9.59 Å². The highest BCUT2D eigenvalue weighted by Crippen LogP contribution is 2.03. The van der Waals surface area contributed by atoms with E-state index in [0.717, 1.165) is 12.8 Å². The Balaban J connectivity index is 4.23. The zero-order chi connectivity index (χ0) is 11.8. The molecule has 0 aliphatic rings. The van der Waals surface area contributed by atoms with Crippen LogP contribution in [0.3, 0.4) is 0 Å². The van der Waals surface area contributed by atoms with Crippen LogP contribution in [0.4, 0.5) is 0 Å². The molecule has 0 fully saturated rings. The molecule has 1 amide bonds. The fraction of sp³-hybridized carbons (Fsp3) is 0.800. The molecule has 0 aliphatic carbocycles. The smallest absolute Gasteiger partial charge is 0.237 e. The summed E-state index contributed by atoms with van der Waals surface area (Å²) < 4.78 is 0. The molecule has 0 rings (SSSR count). The number of carbonyl (C=O) groups is 2. The van der Waals surface area contributed by atoms with E-state index in [-0.39, 0.29) is 17.6 Å². The van der Waals surface area contributed by atoms with E-state index in [2.05, 4.69) is 5.32 Å². The summed E-state index contributed by atoms with van der Waals surface area (Å²) in [6, 6.07) is -1.08. The van der Waals surface area contributed by atoms with Gasteiger partial charge < -0.3 is 11.1 Å². The summed E-state index contributed by atoms with van der Waals surface area (Å²) in [5.74, 6) is -0.540. The first-order valence-corrected chi connectivity index (χ1v) is 5.71. The Morgan fingerprint density at radius 1 is 1.47 bits per heavy atom. The van der Waals surface area contributed by atoms with Crippen LogP contribution >= 0.6 is 11.6 Å². The maximum atomic E-state index is 11.4. The third kappa shape index (κ3) is 5.74. The summed E-state index contributed by atoms with van der Waals surface area (Å²) in [5, 5.41) is 2.60. The molecule has 0 aromatic rings. The molecule has 0 aliphatic heterocycles. The summed E-state index contributed by atoms with van der Waals surface area (Å²) in [4.78, 5) is 22.7. The Kier molecular flexibility index (Phi) is 7.34. The minimum Gasteiger partial charge on any atom is -0.345 e. The van der Waals surface area contributed by atoms with Crippen LogP contribution in [0.2, 0.25) is 0 Å². The fourth-order valence-electron chi connectivity index (χ4n) is 1.12. The van der Waals surface area contributed by atoms with E-state index in [1.807, 2.05) is 6.92 Å². The van der Waals surface area contributed by atoms with Crippen LogP contribution in [0.25, 0.3) is 0 Å². The van der Waals surface area contributed by atoms with Crippen molar-refractivity contribution >= 4 is 23.3 Å². The highest BCUT2D eigenvalue weighted by molar-refractivity contribution is 6.28. The summed E-state index contributed by atoms with van der Waals surface area (Å²) in [6.45, 7) is 3.60. The van der Waals surface area contributed by atoms with E-state index in [4.69, 9.17) is 17.3 Å². The second-order valence-electron chi connectivity index (χ2n) is 3.59. The van der Waals surface area contributed by atoms with Crippen molar-refractivity contribution in [2.24, 2.45) is 5.73 Å². The average molecular weight is 235 g/mol. The largest absolute Gasteiger partial charge is 0.345 e. The van der Waals surface area contributed by atoms with Crippen LogP contribution in [0.15, 0.2) is 0 Å². The maximum absolute atomic E-state index is 11.4. The van der Waals surface area contributed by atoms with Crippen molar-refractivity contribution < 1.29 is 9.59 Å².